The lowest BCUT2D eigenvalue weighted by molar-refractivity contribution is 0.259. The first-order chi connectivity index (χ1) is 18.8. The minimum Gasteiger partial charge on any atom is -0.493 e. The van der Waals surface area contributed by atoms with Gasteiger partial charge < -0.3 is 9.84 Å². The zero-order valence-corrected chi connectivity index (χ0v) is 23.5. The van der Waals surface area contributed by atoms with Crippen molar-refractivity contribution in [2.45, 2.75) is 57.8 Å². The van der Waals surface area contributed by atoms with Gasteiger partial charge in [0.15, 0.2) is 15.5 Å². The number of aromatic amines is 1. The molecule has 0 aliphatic heterocycles. The zero-order chi connectivity index (χ0) is 28.0. The van der Waals surface area contributed by atoms with Gasteiger partial charge in [-0.05, 0) is 69.2 Å². The van der Waals surface area contributed by atoms with Crippen LogP contribution < -0.4 is 10.4 Å². The Balaban J connectivity index is 1.71. The summed E-state index contributed by atoms with van der Waals surface area (Å²) in [5, 5.41) is 9.60. The van der Waals surface area contributed by atoms with E-state index in [9.17, 15) is 18.3 Å². The van der Waals surface area contributed by atoms with Crippen LogP contribution in [0.4, 0.5) is 0 Å². The molecule has 0 bridgehead atoms. The van der Waals surface area contributed by atoms with E-state index < -0.39 is 15.5 Å². The van der Waals surface area contributed by atoms with E-state index in [1.807, 2.05) is 44.2 Å². The molecule has 0 radical (unpaired) electrons. The van der Waals surface area contributed by atoms with Gasteiger partial charge in [-0.15, -0.1) is 0 Å². The number of nitrogens with one attached hydrogen (secondary N) is 1. The van der Waals surface area contributed by atoms with Crippen molar-refractivity contribution < 1.29 is 18.3 Å². The second-order valence-corrected chi connectivity index (χ2v) is 11.7. The van der Waals surface area contributed by atoms with Crippen LogP contribution in [0.2, 0.25) is 0 Å². The maximum absolute atomic E-state index is 13.6. The fourth-order valence-corrected chi connectivity index (χ4v) is 6.56. The average Bonchev–Trinajstić information content (AvgIpc) is 3.23. The molecule has 9 nitrogen and oxygen atoms in total. The molecule has 0 fully saturated rings. The Morgan fingerprint density at radius 3 is 2.51 bits per heavy atom. The number of nitrogens with zero attached hydrogens (tertiary/aromatic N) is 3. The Morgan fingerprint density at radius 1 is 1.05 bits per heavy atom. The third-order valence-electron chi connectivity index (χ3n) is 6.76. The topological polar surface area (TPSA) is 127 Å². The number of hydrogen-bond acceptors (Lipinski definition) is 7. The van der Waals surface area contributed by atoms with Gasteiger partial charge in [0.05, 0.1) is 28.5 Å². The monoisotopic (exact) mass is 552 g/mol. The van der Waals surface area contributed by atoms with Crippen LogP contribution in [0.25, 0.3) is 17.0 Å². The van der Waals surface area contributed by atoms with E-state index in [0.29, 0.717) is 54.3 Å². The number of aryl methyl sites for hydroxylation is 3. The predicted octanol–water partition coefficient (Wildman–Crippen LogP) is 4.15. The molecule has 4 aromatic rings. The first kappa shape index (κ1) is 28.5. The average molecular weight is 553 g/mol. The Labute approximate surface area is 228 Å². The maximum Gasteiger partial charge on any atom is 0.334 e. The van der Waals surface area contributed by atoms with Gasteiger partial charge >= 0.3 is 5.69 Å². The van der Waals surface area contributed by atoms with E-state index in [1.165, 1.54) is 16.5 Å². The van der Waals surface area contributed by atoms with Crippen molar-refractivity contribution in [1.82, 2.24) is 19.4 Å². The molecule has 4 rings (SSSR count). The number of hydrogen-bond donors (Lipinski definition) is 2. The van der Waals surface area contributed by atoms with Gasteiger partial charge in [0.25, 0.3) is 0 Å². The molecule has 0 saturated heterocycles. The van der Waals surface area contributed by atoms with Crippen molar-refractivity contribution in [3.05, 3.63) is 76.1 Å². The summed E-state index contributed by atoms with van der Waals surface area (Å²) in [4.78, 5) is 25.1. The zero-order valence-electron chi connectivity index (χ0n) is 22.7. The smallest absolute Gasteiger partial charge is 0.334 e. The van der Waals surface area contributed by atoms with Crippen LogP contribution in [0.1, 0.15) is 50.2 Å². The van der Waals surface area contributed by atoms with Crippen molar-refractivity contribution >= 4 is 15.5 Å². The van der Waals surface area contributed by atoms with E-state index in [4.69, 9.17) is 9.72 Å². The lowest BCUT2D eigenvalue weighted by Crippen LogP contribution is -2.20. The van der Waals surface area contributed by atoms with Crippen molar-refractivity contribution in [2.75, 3.05) is 19.0 Å². The molecule has 10 heteroatoms. The van der Waals surface area contributed by atoms with Crippen molar-refractivity contribution in [2.24, 2.45) is 5.92 Å². The third kappa shape index (κ3) is 6.57. The number of imidazole rings is 1. The molecule has 0 amide bonds. The molecule has 39 heavy (non-hydrogen) atoms. The molecule has 2 aromatic heterocycles. The summed E-state index contributed by atoms with van der Waals surface area (Å²) in [6.07, 6.45) is 3.26. The molecule has 0 aliphatic rings. The number of aliphatic hydroxyl groups excluding tert-OH is 1. The summed E-state index contributed by atoms with van der Waals surface area (Å²) in [5.41, 5.74) is 2.29. The number of ether oxygens (including phenoxy) is 1. The van der Waals surface area contributed by atoms with Gasteiger partial charge in [-0.3, -0.25) is 4.98 Å². The van der Waals surface area contributed by atoms with Crippen molar-refractivity contribution in [3.8, 4) is 17.1 Å². The van der Waals surface area contributed by atoms with Crippen LogP contribution in [-0.4, -0.2) is 51.8 Å². The van der Waals surface area contributed by atoms with Gasteiger partial charge in [0.2, 0.25) is 0 Å². The number of sulfone groups is 1. The Kier molecular flexibility index (Phi) is 9.19. The molecule has 1 unspecified atom stereocenters. The molecule has 2 N–H and O–H groups in total. The molecular formula is C29H36N4O5S. The Morgan fingerprint density at radius 2 is 1.82 bits per heavy atom. The molecular weight excluding hydrogens is 516 g/mol. The second-order valence-electron chi connectivity index (χ2n) is 9.68. The first-order valence-corrected chi connectivity index (χ1v) is 15.1. The molecule has 0 spiro atoms. The number of fused-ring (bicyclic) bond motifs is 1. The fraction of sp³-hybridized carbons (Fsp3) is 0.414. The van der Waals surface area contributed by atoms with Gasteiger partial charge in [0, 0.05) is 6.61 Å². The maximum atomic E-state index is 13.6. The van der Waals surface area contributed by atoms with Gasteiger partial charge in [-0.25, -0.2) is 27.6 Å². The Hall–Kier alpha value is -3.50. The SMILES string of the molecule is CCCc1nc(C)n2c(=O)[nH]c(-c3cc(S(=O)(=O)CC(CCO)CCc4ccccc4)ccc3OCC)nc12. The van der Waals surface area contributed by atoms with E-state index in [-0.39, 0.29) is 29.0 Å². The highest BCUT2D eigenvalue weighted by molar-refractivity contribution is 7.91. The quantitative estimate of drug-likeness (QED) is 0.255. The van der Waals surface area contributed by atoms with Crippen LogP contribution in [0, 0.1) is 12.8 Å². The van der Waals surface area contributed by atoms with E-state index in [1.54, 1.807) is 13.0 Å². The summed E-state index contributed by atoms with van der Waals surface area (Å²) >= 11 is 0. The van der Waals surface area contributed by atoms with Crippen molar-refractivity contribution in [3.63, 3.8) is 0 Å². The van der Waals surface area contributed by atoms with E-state index in [0.717, 1.165) is 18.4 Å². The number of aromatic nitrogens is 4. The standard InChI is InChI=1S/C29H36N4O5S/c1-4-9-25-28-31-27(32-29(35)33(28)20(3)30-25)24-18-23(14-15-26(24)38-5-2)39(36,37)19-22(16-17-34)13-12-21-10-7-6-8-11-21/h6-8,10-11,14-15,18,22,34H,4-5,9,12-13,16-17,19H2,1-3H3,(H,31,32,35). The molecule has 2 aromatic carbocycles. The highest BCUT2D eigenvalue weighted by Gasteiger charge is 2.24. The summed E-state index contributed by atoms with van der Waals surface area (Å²) < 4.78 is 34.4. The number of aliphatic hydroxyl groups is 1. The molecule has 2 heterocycles. The number of benzene rings is 2. The van der Waals surface area contributed by atoms with Gasteiger partial charge in [-0.2, -0.15) is 0 Å². The summed E-state index contributed by atoms with van der Waals surface area (Å²) in [7, 11) is -3.72. The van der Waals surface area contributed by atoms with Gasteiger partial charge in [-0.1, -0.05) is 43.7 Å². The first-order valence-electron chi connectivity index (χ1n) is 13.4. The van der Waals surface area contributed by atoms with Crippen LogP contribution in [0.5, 0.6) is 5.75 Å². The predicted molar refractivity (Wildman–Crippen MR) is 151 cm³/mol. The van der Waals surface area contributed by atoms with Crippen LogP contribution >= 0.6 is 0 Å². The minimum atomic E-state index is -3.72. The highest BCUT2D eigenvalue weighted by Crippen LogP contribution is 2.32. The lowest BCUT2D eigenvalue weighted by atomic mass is 9.98. The van der Waals surface area contributed by atoms with Crippen molar-refractivity contribution in [1.29, 1.82) is 0 Å². The van der Waals surface area contributed by atoms with Crippen LogP contribution in [0.3, 0.4) is 0 Å². The number of rotatable bonds is 13. The molecule has 0 saturated carbocycles. The lowest BCUT2D eigenvalue weighted by Gasteiger charge is -2.17. The number of H-pyrrole nitrogens is 1. The van der Waals surface area contributed by atoms with E-state index >= 15 is 0 Å². The van der Waals surface area contributed by atoms with Crippen LogP contribution in [0.15, 0.2) is 58.2 Å². The largest absolute Gasteiger partial charge is 0.493 e. The highest BCUT2D eigenvalue weighted by atomic mass is 32.2. The third-order valence-corrected chi connectivity index (χ3v) is 8.65. The molecule has 0 aliphatic carbocycles. The second kappa shape index (κ2) is 12.6. The summed E-state index contributed by atoms with van der Waals surface area (Å²) in [6.45, 7) is 5.89. The summed E-state index contributed by atoms with van der Waals surface area (Å²) in [5.74, 6) is 0.880. The summed E-state index contributed by atoms with van der Waals surface area (Å²) in [6, 6.07) is 14.5. The molecule has 1 atom stereocenters. The minimum absolute atomic E-state index is 0.0838. The fourth-order valence-electron chi connectivity index (χ4n) is 4.84. The normalized spacial score (nSPS) is 12.6. The van der Waals surface area contributed by atoms with Crippen LogP contribution in [-0.2, 0) is 22.7 Å². The van der Waals surface area contributed by atoms with E-state index in [2.05, 4.69) is 9.97 Å². The molecule has 208 valence electrons. The van der Waals surface area contributed by atoms with Gasteiger partial charge in [0.1, 0.15) is 17.4 Å². The Bertz CT molecular complexity index is 1580.